The molecule has 1 aromatic heterocycles. The number of nitrogens with zero attached hydrogens (tertiary/aromatic N) is 4. The van der Waals surface area contributed by atoms with Crippen molar-refractivity contribution < 1.29 is 14.3 Å². The van der Waals surface area contributed by atoms with E-state index in [2.05, 4.69) is 20.8 Å². The number of methoxy groups -OCH3 is 1. The lowest BCUT2D eigenvalue weighted by Gasteiger charge is -2.13. The first-order chi connectivity index (χ1) is 16.1. The summed E-state index contributed by atoms with van der Waals surface area (Å²) in [5, 5.41) is 14.3. The van der Waals surface area contributed by atoms with Crippen molar-refractivity contribution in [2.24, 2.45) is 0 Å². The number of benzene rings is 3. The van der Waals surface area contributed by atoms with E-state index in [0.29, 0.717) is 41.8 Å². The lowest BCUT2D eigenvalue weighted by molar-refractivity contribution is 0.0947. The van der Waals surface area contributed by atoms with Gasteiger partial charge in [0, 0.05) is 12.6 Å². The number of amides is 1. The van der Waals surface area contributed by atoms with Crippen LogP contribution in [-0.2, 0) is 24.5 Å². The number of ether oxygens (including phenoxy) is 2. The Labute approximate surface area is 196 Å². The second kappa shape index (κ2) is 10.7. The smallest absolute Gasteiger partial charge is 0.255 e. The fraction of sp³-hybridized carbons (Fsp3) is 0.167. The highest BCUT2D eigenvalue weighted by Crippen LogP contribution is 2.29. The van der Waals surface area contributed by atoms with Crippen molar-refractivity contribution in [2.45, 2.75) is 19.8 Å². The zero-order valence-electron chi connectivity index (χ0n) is 17.9. The summed E-state index contributed by atoms with van der Waals surface area (Å²) < 4.78 is 12.6. The van der Waals surface area contributed by atoms with Gasteiger partial charge in [0.05, 0.1) is 36.6 Å². The number of hydrogen-bond acceptors (Lipinski definition) is 6. The quantitative estimate of drug-likeness (QED) is 0.404. The Bertz CT molecular complexity index is 1220. The maximum Gasteiger partial charge on any atom is 0.255 e. The Morgan fingerprint density at radius 1 is 1.00 bits per heavy atom. The molecule has 0 radical (unpaired) electrons. The van der Waals surface area contributed by atoms with Crippen molar-refractivity contribution in [1.29, 1.82) is 0 Å². The maximum absolute atomic E-state index is 12.8. The molecule has 0 aliphatic heterocycles. The maximum atomic E-state index is 12.8. The average molecular weight is 464 g/mol. The lowest BCUT2D eigenvalue weighted by atomic mass is 10.1. The molecule has 0 unspecified atom stereocenters. The van der Waals surface area contributed by atoms with Crippen LogP contribution in [0, 0.1) is 0 Å². The standard InChI is InChI=1S/C24H22ClN5O3/c1-32-23-12-22(30-16-27-28-29-30)21(25)11-20(23)24(31)26-13-18-8-5-9-19(10-18)15-33-14-17-6-3-2-4-7-17/h2-12,16H,13-15H2,1H3,(H,26,31). The fourth-order valence-corrected chi connectivity index (χ4v) is 3.55. The van der Waals surface area contributed by atoms with Gasteiger partial charge in [0.25, 0.3) is 5.91 Å². The van der Waals surface area contributed by atoms with Gasteiger partial charge in [-0.3, -0.25) is 4.79 Å². The first-order valence-corrected chi connectivity index (χ1v) is 10.6. The second-order valence-corrected chi connectivity index (χ2v) is 7.65. The molecule has 1 N–H and O–H groups in total. The molecule has 4 aromatic rings. The van der Waals surface area contributed by atoms with E-state index in [1.807, 2.05) is 54.6 Å². The third-order valence-corrected chi connectivity index (χ3v) is 5.24. The Balaban J connectivity index is 1.38. The van der Waals surface area contributed by atoms with Crippen LogP contribution < -0.4 is 10.1 Å². The van der Waals surface area contributed by atoms with Crippen LogP contribution in [0.2, 0.25) is 5.02 Å². The second-order valence-electron chi connectivity index (χ2n) is 7.24. The van der Waals surface area contributed by atoms with E-state index in [4.69, 9.17) is 21.1 Å². The van der Waals surface area contributed by atoms with Crippen molar-refractivity contribution in [2.75, 3.05) is 7.11 Å². The van der Waals surface area contributed by atoms with E-state index < -0.39 is 0 Å². The molecule has 1 heterocycles. The number of rotatable bonds is 9. The highest BCUT2D eigenvalue weighted by Gasteiger charge is 2.17. The molecule has 0 saturated carbocycles. The van der Waals surface area contributed by atoms with Crippen molar-refractivity contribution in [3.8, 4) is 11.4 Å². The van der Waals surface area contributed by atoms with E-state index in [9.17, 15) is 4.79 Å². The fourth-order valence-electron chi connectivity index (χ4n) is 3.30. The van der Waals surface area contributed by atoms with E-state index in [-0.39, 0.29) is 5.91 Å². The molecule has 0 fully saturated rings. The monoisotopic (exact) mass is 463 g/mol. The van der Waals surface area contributed by atoms with Crippen molar-refractivity contribution >= 4 is 17.5 Å². The number of hydrogen-bond donors (Lipinski definition) is 1. The van der Waals surface area contributed by atoms with Crippen LogP contribution in [0.3, 0.4) is 0 Å². The predicted molar refractivity (Wildman–Crippen MR) is 123 cm³/mol. The van der Waals surface area contributed by atoms with Gasteiger partial charge in [0.15, 0.2) is 0 Å². The highest BCUT2D eigenvalue weighted by atomic mass is 35.5. The molecule has 0 spiro atoms. The van der Waals surface area contributed by atoms with Crippen LogP contribution in [0.4, 0.5) is 0 Å². The zero-order valence-corrected chi connectivity index (χ0v) is 18.7. The van der Waals surface area contributed by atoms with Gasteiger partial charge in [-0.15, -0.1) is 5.10 Å². The average Bonchev–Trinajstić information content (AvgIpc) is 3.38. The summed E-state index contributed by atoms with van der Waals surface area (Å²) in [5.41, 5.74) is 3.95. The van der Waals surface area contributed by atoms with E-state index in [1.165, 1.54) is 18.1 Å². The first kappa shape index (κ1) is 22.4. The molecule has 0 bridgehead atoms. The molecule has 33 heavy (non-hydrogen) atoms. The minimum Gasteiger partial charge on any atom is -0.496 e. The Hall–Kier alpha value is -3.75. The minimum absolute atomic E-state index is 0.303. The molecule has 8 nitrogen and oxygen atoms in total. The predicted octanol–water partition coefficient (Wildman–Crippen LogP) is 3.97. The summed E-state index contributed by atoms with van der Waals surface area (Å²) in [6.07, 6.45) is 1.41. The number of aromatic nitrogens is 4. The molecule has 0 aliphatic carbocycles. The molecular formula is C24H22ClN5O3. The van der Waals surface area contributed by atoms with Gasteiger partial charge >= 0.3 is 0 Å². The van der Waals surface area contributed by atoms with Crippen LogP contribution >= 0.6 is 11.6 Å². The zero-order chi connectivity index (χ0) is 23.0. The van der Waals surface area contributed by atoms with Crippen LogP contribution in [0.5, 0.6) is 5.75 Å². The van der Waals surface area contributed by atoms with E-state index >= 15 is 0 Å². The minimum atomic E-state index is -0.303. The highest BCUT2D eigenvalue weighted by molar-refractivity contribution is 6.33. The Kier molecular flexibility index (Phi) is 7.29. The topological polar surface area (TPSA) is 91.2 Å². The van der Waals surface area contributed by atoms with Crippen molar-refractivity contribution in [1.82, 2.24) is 25.5 Å². The first-order valence-electron chi connectivity index (χ1n) is 10.2. The molecule has 9 heteroatoms. The SMILES string of the molecule is COc1cc(-n2cnnn2)c(Cl)cc1C(=O)NCc1cccc(COCc2ccccc2)c1. The number of carbonyl (C=O) groups excluding carboxylic acids is 1. The van der Waals surface area contributed by atoms with Gasteiger partial charge in [-0.25, -0.2) is 0 Å². The third kappa shape index (κ3) is 5.74. The Morgan fingerprint density at radius 2 is 1.76 bits per heavy atom. The Morgan fingerprint density at radius 3 is 2.52 bits per heavy atom. The van der Waals surface area contributed by atoms with Gasteiger partial charge in [-0.2, -0.15) is 4.68 Å². The summed E-state index contributed by atoms with van der Waals surface area (Å²) in [7, 11) is 1.49. The summed E-state index contributed by atoms with van der Waals surface area (Å²) in [6.45, 7) is 1.38. The number of halogens is 1. The van der Waals surface area contributed by atoms with E-state index in [0.717, 1.165) is 16.7 Å². The van der Waals surface area contributed by atoms with E-state index in [1.54, 1.807) is 12.1 Å². The molecule has 0 saturated heterocycles. The molecule has 3 aromatic carbocycles. The van der Waals surface area contributed by atoms with Gasteiger partial charge in [-0.05, 0) is 33.2 Å². The van der Waals surface area contributed by atoms with Gasteiger partial charge in [-0.1, -0.05) is 66.2 Å². The van der Waals surface area contributed by atoms with Crippen LogP contribution in [0.1, 0.15) is 27.0 Å². The van der Waals surface area contributed by atoms with Gasteiger partial charge in [0.2, 0.25) is 0 Å². The molecule has 168 valence electrons. The number of carbonyl (C=O) groups is 1. The number of tetrazole rings is 1. The molecule has 0 aliphatic rings. The van der Waals surface area contributed by atoms with Crippen LogP contribution in [-0.4, -0.2) is 33.2 Å². The largest absolute Gasteiger partial charge is 0.496 e. The molecule has 4 rings (SSSR count). The summed E-state index contributed by atoms with van der Waals surface area (Å²) in [6, 6.07) is 21.1. The summed E-state index contributed by atoms with van der Waals surface area (Å²) in [4.78, 5) is 12.8. The normalized spacial score (nSPS) is 10.7. The van der Waals surface area contributed by atoms with Gasteiger partial charge in [0.1, 0.15) is 12.1 Å². The van der Waals surface area contributed by atoms with Crippen LogP contribution in [0.15, 0.2) is 73.1 Å². The summed E-state index contributed by atoms with van der Waals surface area (Å²) >= 11 is 6.36. The lowest BCUT2D eigenvalue weighted by Crippen LogP contribution is -2.23. The molecular weight excluding hydrogens is 442 g/mol. The molecule has 1 amide bonds. The molecule has 0 atom stereocenters. The third-order valence-electron chi connectivity index (χ3n) is 4.93. The summed E-state index contributed by atoms with van der Waals surface area (Å²) in [5.74, 6) is 0.0632. The van der Waals surface area contributed by atoms with Gasteiger partial charge < -0.3 is 14.8 Å². The van der Waals surface area contributed by atoms with Crippen molar-refractivity contribution in [3.05, 3.63) is 100 Å². The number of nitrogens with one attached hydrogen (secondary N) is 1. The van der Waals surface area contributed by atoms with Crippen LogP contribution in [0.25, 0.3) is 5.69 Å². The van der Waals surface area contributed by atoms with Crippen molar-refractivity contribution in [3.63, 3.8) is 0 Å².